The van der Waals surface area contributed by atoms with E-state index in [2.05, 4.69) is 17.4 Å². The molecular formula is C27H25ClN2O5. The zero-order valence-electron chi connectivity index (χ0n) is 19.2. The number of hydrogen-bond donors (Lipinski definition) is 2. The van der Waals surface area contributed by atoms with Gasteiger partial charge in [-0.25, -0.2) is 4.79 Å². The van der Waals surface area contributed by atoms with E-state index in [1.807, 2.05) is 36.4 Å². The molecule has 0 saturated heterocycles. The number of rotatable bonds is 8. The van der Waals surface area contributed by atoms with Gasteiger partial charge in [-0.2, -0.15) is 0 Å². The van der Waals surface area contributed by atoms with Crippen molar-refractivity contribution in [3.05, 3.63) is 88.4 Å². The zero-order valence-corrected chi connectivity index (χ0v) is 19.9. The summed E-state index contributed by atoms with van der Waals surface area (Å²) in [7, 11) is 1.59. The smallest absolute Gasteiger partial charge is 0.411 e. The Balaban J connectivity index is 1.41. The molecule has 1 aliphatic rings. The highest BCUT2D eigenvalue weighted by Gasteiger charge is 2.29. The van der Waals surface area contributed by atoms with Gasteiger partial charge in [-0.3, -0.25) is 14.9 Å². The topological polar surface area (TPSA) is 95.9 Å². The van der Waals surface area contributed by atoms with Crippen LogP contribution in [0.2, 0.25) is 5.02 Å². The first-order valence-corrected chi connectivity index (χ1v) is 11.6. The van der Waals surface area contributed by atoms with E-state index in [4.69, 9.17) is 21.4 Å². The number of nitrogens with zero attached hydrogens (tertiary/aromatic N) is 1. The van der Waals surface area contributed by atoms with Crippen molar-refractivity contribution in [2.45, 2.75) is 18.8 Å². The van der Waals surface area contributed by atoms with Crippen LogP contribution < -0.4 is 5.32 Å². The van der Waals surface area contributed by atoms with E-state index >= 15 is 0 Å². The Labute approximate surface area is 208 Å². The average molecular weight is 493 g/mol. The summed E-state index contributed by atoms with van der Waals surface area (Å²) >= 11 is 6.24. The molecule has 0 bridgehead atoms. The Kier molecular flexibility index (Phi) is 7.36. The first-order valence-electron chi connectivity index (χ1n) is 11.2. The summed E-state index contributed by atoms with van der Waals surface area (Å²) in [4.78, 5) is 37.4. The van der Waals surface area contributed by atoms with Gasteiger partial charge in [0.2, 0.25) is 0 Å². The molecule has 0 atom stereocenters. The highest BCUT2D eigenvalue weighted by atomic mass is 35.5. The van der Waals surface area contributed by atoms with Crippen molar-refractivity contribution in [1.29, 1.82) is 0 Å². The second kappa shape index (κ2) is 10.6. The molecule has 0 aliphatic heterocycles. The van der Waals surface area contributed by atoms with Crippen molar-refractivity contribution >= 4 is 35.3 Å². The molecule has 2 amide bonds. The Bertz CT molecular complexity index is 1230. The predicted octanol–water partition coefficient (Wildman–Crippen LogP) is 5.64. The normalized spacial score (nSPS) is 11.9. The van der Waals surface area contributed by atoms with Crippen LogP contribution in [-0.2, 0) is 9.53 Å². The van der Waals surface area contributed by atoms with Gasteiger partial charge < -0.3 is 14.7 Å². The Morgan fingerprint density at radius 1 is 1.00 bits per heavy atom. The molecule has 35 heavy (non-hydrogen) atoms. The summed E-state index contributed by atoms with van der Waals surface area (Å²) in [6, 6.07) is 20.7. The van der Waals surface area contributed by atoms with Crippen LogP contribution in [0.5, 0.6) is 0 Å². The van der Waals surface area contributed by atoms with E-state index in [1.165, 1.54) is 17.0 Å². The molecule has 0 radical (unpaired) electrons. The van der Waals surface area contributed by atoms with Gasteiger partial charge in [-0.05, 0) is 46.9 Å². The van der Waals surface area contributed by atoms with Gasteiger partial charge >= 0.3 is 12.1 Å². The van der Waals surface area contributed by atoms with Crippen molar-refractivity contribution in [3.8, 4) is 11.1 Å². The summed E-state index contributed by atoms with van der Waals surface area (Å²) in [5, 5.41) is 11.7. The van der Waals surface area contributed by atoms with Gasteiger partial charge in [-0.1, -0.05) is 60.1 Å². The largest absolute Gasteiger partial charge is 0.481 e. The summed E-state index contributed by atoms with van der Waals surface area (Å²) in [5.41, 5.74) is 5.07. The van der Waals surface area contributed by atoms with Crippen molar-refractivity contribution in [1.82, 2.24) is 4.90 Å². The highest BCUT2D eigenvalue weighted by molar-refractivity contribution is 6.33. The van der Waals surface area contributed by atoms with Gasteiger partial charge in [0.1, 0.15) is 6.61 Å². The number of carbonyl (C=O) groups excluding carboxylic acids is 2. The molecule has 0 saturated carbocycles. The Hall–Kier alpha value is -3.84. The second-order valence-electron chi connectivity index (χ2n) is 8.37. The maximum absolute atomic E-state index is 12.7. The van der Waals surface area contributed by atoms with Crippen LogP contribution in [0.25, 0.3) is 11.1 Å². The van der Waals surface area contributed by atoms with Crippen LogP contribution in [0.4, 0.5) is 10.5 Å². The maximum Gasteiger partial charge on any atom is 0.411 e. The quantitative estimate of drug-likeness (QED) is 0.424. The molecule has 0 spiro atoms. The molecule has 0 heterocycles. The summed E-state index contributed by atoms with van der Waals surface area (Å²) in [6.07, 6.45) is -0.351. The van der Waals surface area contributed by atoms with Crippen LogP contribution >= 0.6 is 11.6 Å². The van der Waals surface area contributed by atoms with Crippen LogP contribution in [0, 0.1) is 0 Å². The fraction of sp³-hybridized carbons (Fsp3) is 0.222. The summed E-state index contributed by atoms with van der Waals surface area (Å²) in [5.74, 6) is -1.29. The monoisotopic (exact) mass is 492 g/mol. The van der Waals surface area contributed by atoms with E-state index < -0.39 is 12.1 Å². The van der Waals surface area contributed by atoms with E-state index in [-0.39, 0.29) is 35.6 Å². The Morgan fingerprint density at radius 2 is 1.63 bits per heavy atom. The minimum atomic E-state index is -0.910. The van der Waals surface area contributed by atoms with E-state index in [0.717, 1.165) is 22.3 Å². The number of anilines is 1. The molecule has 2 N–H and O–H groups in total. The molecule has 8 heteroatoms. The minimum Gasteiger partial charge on any atom is -0.481 e. The fourth-order valence-corrected chi connectivity index (χ4v) is 4.45. The standard InChI is InChI=1S/C27H25ClN2O5/c1-30(14-6-11-25(31)32)26(33)17-12-13-23(28)24(15-17)29-27(34)35-16-22-20-9-4-2-7-18(20)19-8-3-5-10-21(19)22/h2-5,7-10,12-13,15,22H,6,11,14,16H2,1H3,(H,29,34)(H,31,32). The molecule has 180 valence electrons. The number of carboxylic acid groups (broad SMARTS) is 1. The maximum atomic E-state index is 12.7. The predicted molar refractivity (Wildman–Crippen MR) is 134 cm³/mol. The minimum absolute atomic E-state index is 0.0210. The SMILES string of the molecule is CN(CCCC(=O)O)C(=O)c1ccc(Cl)c(NC(=O)OCC2c3ccccc3-c3ccccc32)c1. The lowest BCUT2D eigenvalue weighted by Crippen LogP contribution is -2.28. The van der Waals surface area contributed by atoms with E-state index in [0.29, 0.717) is 18.5 Å². The third-order valence-electron chi connectivity index (χ3n) is 6.02. The van der Waals surface area contributed by atoms with Gasteiger partial charge in [0.15, 0.2) is 0 Å². The van der Waals surface area contributed by atoms with E-state index in [1.54, 1.807) is 13.1 Å². The molecule has 3 aromatic carbocycles. The number of amides is 2. The molecular weight excluding hydrogens is 468 g/mol. The molecule has 0 fully saturated rings. The number of carbonyl (C=O) groups is 3. The highest BCUT2D eigenvalue weighted by Crippen LogP contribution is 2.44. The van der Waals surface area contributed by atoms with Crippen molar-refractivity contribution in [2.24, 2.45) is 0 Å². The van der Waals surface area contributed by atoms with Crippen molar-refractivity contribution in [3.63, 3.8) is 0 Å². The van der Waals surface area contributed by atoms with Crippen molar-refractivity contribution < 1.29 is 24.2 Å². The number of hydrogen-bond acceptors (Lipinski definition) is 4. The van der Waals surface area contributed by atoms with Crippen LogP contribution in [0.15, 0.2) is 66.7 Å². The first-order chi connectivity index (χ1) is 16.8. The van der Waals surface area contributed by atoms with Crippen molar-refractivity contribution in [2.75, 3.05) is 25.5 Å². The van der Waals surface area contributed by atoms with E-state index in [9.17, 15) is 14.4 Å². The third kappa shape index (κ3) is 5.46. The lowest BCUT2D eigenvalue weighted by molar-refractivity contribution is -0.137. The zero-order chi connectivity index (χ0) is 24.9. The van der Waals surface area contributed by atoms with Crippen LogP contribution in [0.1, 0.15) is 40.2 Å². The third-order valence-corrected chi connectivity index (χ3v) is 6.35. The lowest BCUT2D eigenvalue weighted by atomic mass is 9.98. The van der Waals surface area contributed by atoms with Gasteiger partial charge in [0.05, 0.1) is 10.7 Å². The van der Waals surface area contributed by atoms with Crippen LogP contribution in [-0.4, -0.2) is 48.2 Å². The Morgan fingerprint density at radius 3 is 2.26 bits per heavy atom. The second-order valence-corrected chi connectivity index (χ2v) is 8.78. The summed E-state index contributed by atoms with van der Waals surface area (Å²) in [6.45, 7) is 0.450. The molecule has 4 rings (SSSR count). The number of benzene rings is 3. The van der Waals surface area contributed by atoms with Crippen LogP contribution in [0.3, 0.4) is 0 Å². The van der Waals surface area contributed by atoms with Gasteiger partial charge in [0, 0.05) is 31.5 Å². The summed E-state index contributed by atoms with van der Waals surface area (Å²) < 4.78 is 5.56. The number of halogens is 1. The number of ether oxygens (including phenoxy) is 1. The number of carboxylic acids is 1. The molecule has 3 aromatic rings. The molecule has 0 aromatic heterocycles. The fourth-order valence-electron chi connectivity index (χ4n) is 4.29. The van der Waals surface area contributed by atoms with Gasteiger partial charge in [-0.15, -0.1) is 0 Å². The molecule has 7 nitrogen and oxygen atoms in total. The number of nitrogens with one attached hydrogen (secondary N) is 1. The van der Waals surface area contributed by atoms with Gasteiger partial charge in [0.25, 0.3) is 5.91 Å². The first kappa shape index (κ1) is 24.3. The molecule has 0 unspecified atom stereocenters. The number of aliphatic carboxylic acids is 1. The number of fused-ring (bicyclic) bond motifs is 3. The average Bonchev–Trinajstić information content (AvgIpc) is 3.17. The lowest BCUT2D eigenvalue weighted by Gasteiger charge is -2.18. The molecule has 1 aliphatic carbocycles.